The maximum absolute atomic E-state index is 13.6. The van der Waals surface area contributed by atoms with Gasteiger partial charge in [0.1, 0.15) is 17.3 Å². The summed E-state index contributed by atoms with van der Waals surface area (Å²) in [7, 11) is 1.56. The molecule has 41 heavy (non-hydrogen) atoms. The lowest BCUT2D eigenvalue weighted by molar-refractivity contribution is -0.130. The lowest BCUT2D eigenvalue weighted by Gasteiger charge is -2.34. The molecule has 1 aliphatic heterocycles. The van der Waals surface area contributed by atoms with Gasteiger partial charge in [0.05, 0.1) is 19.0 Å². The molecule has 4 aromatic rings. The Kier molecular flexibility index (Phi) is 7.95. The van der Waals surface area contributed by atoms with Gasteiger partial charge < -0.3 is 24.6 Å². The molecule has 2 heterocycles. The van der Waals surface area contributed by atoms with Crippen LogP contribution in [0.1, 0.15) is 17.3 Å². The summed E-state index contributed by atoms with van der Waals surface area (Å²) in [5, 5.41) is 7.34. The SMILES string of the molecule is COc1ccc(Oc2cnn(-c3ccc(F)cc3)c(=O)c2Nc2ccc(C(=O)N3CCN(C(C)=O)CC3)cc2)cc1. The molecule has 2 amide bonds. The van der Waals surface area contributed by atoms with E-state index in [1.807, 2.05) is 0 Å². The van der Waals surface area contributed by atoms with Crippen molar-refractivity contribution in [2.75, 3.05) is 38.6 Å². The third-order valence-electron chi connectivity index (χ3n) is 6.71. The van der Waals surface area contributed by atoms with Gasteiger partial charge in [-0.1, -0.05) is 0 Å². The van der Waals surface area contributed by atoms with Gasteiger partial charge in [0, 0.05) is 44.4 Å². The number of carbonyl (C=O) groups excluding carboxylic acids is 2. The molecular formula is C30H28FN5O5. The maximum Gasteiger partial charge on any atom is 0.299 e. The minimum Gasteiger partial charge on any atom is -0.497 e. The zero-order valence-electron chi connectivity index (χ0n) is 22.5. The summed E-state index contributed by atoms with van der Waals surface area (Å²) < 4.78 is 25.8. The van der Waals surface area contributed by atoms with Crippen LogP contribution in [0.3, 0.4) is 0 Å². The summed E-state index contributed by atoms with van der Waals surface area (Å²) in [6, 6.07) is 19.0. The average Bonchev–Trinajstić information content (AvgIpc) is 3.00. The van der Waals surface area contributed by atoms with Gasteiger partial charge in [-0.2, -0.15) is 9.78 Å². The molecule has 1 aliphatic rings. The second kappa shape index (κ2) is 11.9. The van der Waals surface area contributed by atoms with Gasteiger partial charge in [0.25, 0.3) is 11.5 Å². The molecule has 3 aromatic carbocycles. The highest BCUT2D eigenvalue weighted by Gasteiger charge is 2.23. The molecule has 0 unspecified atom stereocenters. The fraction of sp³-hybridized carbons (Fsp3) is 0.200. The topological polar surface area (TPSA) is 106 Å². The number of hydrogen-bond donors (Lipinski definition) is 1. The van der Waals surface area contributed by atoms with Crippen molar-refractivity contribution in [3.8, 4) is 22.9 Å². The van der Waals surface area contributed by atoms with Crippen LogP contribution in [0.5, 0.6) is 17.2 Å². The summed E-state index contributed by atoms with van der Waals surface area (Å²) in [5.74, 6) is 0.705. The number of anilines is 2. The van der Waals surface area contributed by atoms with Gasteiger partial charge in [-0.05, 0) is 72.8 Å². The third-order valence-corrected chi connectivity index (χ3v) is 6.71. The Morgan fingerprint density at radius 1 is 0.854 bits per heavy atom. The van der Waals surface area contributed by atoms with Gasteiger partial charge in [0.2, 0.25) is 5.91 Å². The Bertz CT molecular complexity index is 1600. The van der Waals surface area contributed by atoms with E-state index in [1.54, 1.807) is 65.4 Å². The van der Waals surface area contributed by atoms with Crippen LogP contribution in [0.4, 0.5) is 15.8 Å². The molecule has 210 valence electrons. The first-order valence-electron chi connectivity index (χ1n) is 12.9. The Balaban J connectivity index is 1.41. The largest absolute Gasteiger partial charge is 0.497 e. The second-order valence-electron chi connectivity index (χ2n) is 9.36. The number of benzene rings is 3. The molecule has 5 rings (SSSR count). The maximum atomic E-state index is 13.6. The predicted octanol–water partition coefficient (Wildman–Crippen LogP) is 4.22. The molecule has 0 atom stereocenters. The highest BCUT2D eigenvalue weighted by Crippen LogP contribution is 2.30. The zero-order chi connectivity index (χ0) is 28.9. The lowest BCUT2D eigenvalue weighted by Crippen LogP contribution is -2.50. The molecule has 1 fully saturated rings. The van der Waals surface area contributed by atoms with Crippen LogP contribution in [0, 0.1) is 5.82 Å². The number of hydrogen-bond acceptors (Lipinski definition) is 7. The summed E-state index contributed by atoms with van der Waals surface area (Å²) in [6.45, 7) is 3.45. The van der Waals surface area contributed by atoms with Gasteiger partial charge in [0.15, 0.2) is 11.4 Å². The molecule has 1 aromatic heterocycles. The first-order valence-corrected chi connectivity index (χ1v) is 12.9. The van der Waals surface area contributed by atoms with E-state index in [4.69, 9.17) is 9.47 Å². The Morgan fingerprint density at radius 2 is 1.46 bits per heavy atom. The molecule has 1 N–H and O–H groups in total. The molecule has 0 bridgehead atoms. The number of carbonyl (C=O) groups is 2. The highest BCUT2D eigenvalue weighted by molar-refractivity contribution is 5.95. The highest BCUT2D eigenvalue weighted by atomic mass is 19.1. The van der Waals surface area contributed by atoms with Crippen LogP contribution in [-0.2, 0) is 4.79 Å². The summed E-state index contributed by atoms with van der Waals surface area (Å²) in [4.78, 5) is 41.6. The van der Waals surface area contributed by atoms with Crippen LogP contribution in [-0.4, -0.2) is 64.7 Å². The molecule has 1 saturated heterocycles. The van der Waals surface area contributed by atoms with Crippen molar-refractivity contribution >= 4 is 23.2 Å². The standard InChI is InChI=1S/C30H28FN5O5/c1-20(37)34-15-17-35(18-16-34)29(38)21-3-7-23(8-4-21)33-28-27(41-26-13-11-25(40-2)12-14-26)19-32-36(30(28)39)24-9-5-22(31)6-10-24/h3-14,19,33H,15-18H2,1-2H3. The first-order chi connectivity index (χ1) is 19.8. The monoisotopic (exact) mass is 557 g/mol. The normalized spacial score (nSPS) is 13.0. The third kappa shape index (κ3) is 6.19. The Labute approximate surface area is 235 Å². The van der Waals surface area contributed by atoms with E-state index in [9.17, 15) is 18.8 Å². The van der Waals surface area contributed by atoms with Crippen molar-refractivity contribution in [2.24, 2.45) is 0 Å². The number of nitrogens with one attached hydrogen (secondary N) is 1. The van der Waals surface area contributed by atoms with Gasteiger partial charge in [-0.15, -0.1) is 0 Å². The molecule has 0 radical (unpaired) electrons. The van der Waals surface area contributed by atoms with E-state index in [0.717, 1.165) is 4.68 Å². The number of methoxy groups -OCH3 is 1. The average molecular weight is 558 g/mol. The number of halogens is 1. The number of amides is 2. The van der Waals surface area contributed by atoms with E-state index in [2.05, 4.69) is 10.4 Å². The first kappa shape index (κ1) is 27.4. The van der Waals surface area contributed by atoms with Gasteiger partial charge in [-0.3, -0.25) is 14.4 Å². The predicted molar refractivity (Wildman–Crippen MR) is 151 cm³/mol. The van der Waals surface area contributed by atoms with Crippen molar-refractivity contribution in [2.45, 2.75) is 6.92 Å². The van der Waals surface area contributed by atoms with E-state index < -0.39 is 11.4 Å². The van der Waals surface area contributed by atoms with Crippen LogP contribution < -0.4 is 20.3 Å². The van der Waals surface area contributed by atoms with E-state index in [-0.39, 0.29) is 23.3 Å². The van der Waals surface area contributed by atoms with E-state index in [0.29, 0.717) is 54.6 Å². The van der Waals surface area contributed by atoms with Gasteiger partial charge in [-0.25, -0.2) is 4.39 Å². The van der Waals surface area contributed by atoms with Crippen molar-refractivity contribution in [1.29, 1.82) is 0 Å². The number of piperazine rings is 1. The summed E-state index contributed by atoms with van der Waals surface area (Å²) in [6.07, 6.45) is 1.40. The van der Waals surface area contributed by atoms with Crippen LogP contribution in [0.15, 0.2) is 83.8 Å². The van der Waals surface area contributed by atoms with E-state index >= 15 is 0 Å². The van der Waals surface area contributed by atoms with Gasteiger partial charge >= 0.3 is 0 Å². The van der Waals surface area contributed by atoms with Crippen molar-refractivity contribution < 1.29 is 23.5 Å². The number of nitrogens with zero attached hydrogens (tertiary/aromatic N) is 4. The number of aromatic nitrogens is 2. The fourth-order valence-electron chi connectivity index (χ4n) is 4.42. The molecule has 10 nitrogen and oxygen atoms in total. The minimum atomic E-state index is -0.522. The van der Waals surface area contributed by atoms with Crippen molar-refractivity contribution in [1.82, 2.24) is 19.6 Å². The number of rotatable bonds is 7. The molecular weight excluding hydrogens is 529 g/mol. The van der Waals surface area contributed by atoms with Crippen molar-refractivity contribution in [3.05, 3.63) is 101 Å². The summed E-state index contributed by atoms with van der Waals surface area (Å²) in [5.41, 5.74) is 0.975. The van der Waals surface area contributed by atoms with Crippen LogP contribution >= 0.6 is 0 Å². The van der Waals surface area contributed by atoms with Crippen LogP contribution in [0.25, 0.3) is 5.69 Å². The Hall–Kier alpha value is -5.19. The van der Waals surface area contributed by atoms with Crippen molar-refractivity contribution in [3.63, 3.8) is 0 Å². The van der Waals surface area contributed by atoms with Crippen LogP contribution in [0.2, 0.25) is 0 Å². The molecule has 11 heteroatoms. The van der Waals surface area contributed by atoms with E-state index in [1.165, 1.54) is 37.4 Å². The fourth-order valence-corrected chi connectivity index (χ4v) is 4.42. The number of ether oxygens (including phenoxy) is 2. The minimum absolute atomic E-state index is 0.00234. The smallest absolute Gasteiger partial charge is 0.299 e. The molecule has 0 spiro atoms. The quantitative estimate of drug-likeness (QED) is 0.363. The molecule has 0 aliphatic carbocycles. The Morgan fingerprint density at radius 3 is 2.07 bits per heavy atom. The molecule has 0 saturated carbocycles. The second-order valence-corrected chi connectivity index (χ2v) is 9.36. The zero-order valence-corrected chi connectivity index (χ0v) is 22.5. The summed E-state index contributed by atoms with van der Waals surface area (Å²) >= 11 is 0. The lowest BCUT2D eigenvalue weighted by atomic mass is 10.1.